The zero-order valence-electron chi connectivity index (χ0n) is 7.81. The lowest BCUT2D eigenvalue weighted by Gasteiger charge is -2.09. The van der Waals surface area contributed by atoms with Crippen LogP contribution in [0, 0.1) is 11.2 Å². The van der Waals surface area contributed by atoms with Crippen LogP contribution in [0.2, 0.25) is 0 Å². The highest BCUT2D eigenvalue weighted by molar-refractivity contribution is 5.98. The van der Waals surface area contributed by atoms with E-state index in [-0.39, 0.29) is 11.4 Å². The van der Waals surface area contributed by atoms with Crippen molar-refractivity contribution in [3.05, 3.63) is 48.3 Å². The van der Waals surface area contributed by atoms with Crippen molar-refractivity contribution >= 4 is 5.84 Å². The molecule has 1 aromatic heterocycles. The van der Waals surface area contributed by atoms with E-state index in [2.05, 4.69) is 4.98 Å². The molecule has 76 valence electrons. The molecule has 1 aromatic carbocycles. The number of amidine groups is 1. The molecule has 0 unspecified atom stereocenters. The Morgan fingerprint density at radius 2 is 2.27 bits per heavy atom. The molecule has 0 amide bonds. The van der Waals surface area contributed by atoms with Crippen LogP contribution in [0.25, 0.3) is 5.69 Å². The lowest BCUT2D eigenvalue weighted by atomic mass is 10.1. The summed E-state index contributed by atoms with van der Waals surface area (Å²) >= 11 is 0. The van der Waals surface area contributed by atoms with Gasteiger partial charge in [0.05, 0.1) is 17.6 Å². The zero-order chi connectivity index (χ0) is 10.8. The number of halogens is 1. The van der Waals surface area contributed by atoms with Gasteiger partial charge in [0.2, 0.25) is 0 Å². The van der Waals surface area contributed by atoms with Crippen LogP contribution in [0.5, 0.6) is 0 Å². The Hall–Kier alpha value is -2.17. The van der Waals surface area contributed by atoms with Crippen LogP contribution in [-0.2, 0) is 0 Å². The summed E-state index contributed by atoms with van der Waals surface area (Å²) in [6.07, 6.45) is 4.78. The van der Waals surface area contributed by atoms with E-state index in [1.165, 1.54) is 12.4 Å². The van der Waals surface area contributed by atoms with Crippen LogP contribution in [-0.4, -0.2) is 15.4 Å². The minimum Gasteiger partial charge on any atom is -0.384 e. The second-order valence-electron chi connectivity index (χ2n) is 3.02. The first-order valence-electron chi connectivity index (χ1n) is 4.31. The van der Waals surface area contributed by atoms with Crippen molar-refractivity contribution < 1.29 is 4.39 Å². The van der Waals surface area contributed by atoms with E-state index in [4.69, 9.17) is 11.1 Å². The van der Waals surface area contributed by atoms with E-state index in [0.717, 1.165) is 0 Å². The molecule has 0 spiro atoms. The quantitative estimate of drug-likeness (QED) is 0.571. The number of nitrogen functional groups attached to an aromatic ring is 1. The van der Waals surface area contributed by atoms with Gasteiger partial charge in [-0.05, 0) is 12.1 Å². The largest absolute Gasteiger partial charge is 0.384 e. The maximum absolute atomic E-state index is 13.4. The molecule has 0 radical (unpaired) electrons. The van der Waals surface area contributed by atoms with Gasteiger partial charge in [0.25, 0.3) is 0 Å². The molecule has 0 aliphatic heterocycles. The molecule has 0 aliphatic carbocycles. The highest BCUT2D eigenvalue weighted by Crippen LogP contribution is 2.16. The average Bonchev–Trinajstić information content (AvgIpc) is 2.69. The number of nitrogens with one attached hydrogen (secondary N) is 1. The first kappa shape index (κ1) is 9.39. The Morgan fingerprint density at radius 3 is 2.87 bits per heavy atom. The van der Waals surface area contributed by atoms with Gasteiger partial charge in [-0.25, -0.2) is 9.37 Å². The second kappa shape index (κ2) is 3.53. The molecule has 0 atom stereocenters. The molecular formula is C10H9FN4. The highest BCUT2D eigenvalue weighted by Gasteiger charge is 2.11. The lowest BCUT2D eigenvalue weighted by Crippen LogP contribution is -2.16. The Labute approximate surface area is 85.7 Å². The highest BCUT2D eigenvalue weighted by atomic mass is 19.1. The van der Waals surface area contributed by atoms with Crippen LogP contribution < -0.4 is 5.73 Å². The minimum absolute atomic E-state index is 0.0931. The molecule has 0 saturated heterocycles. The summed E-state index contributed by atoms with van der Waals surface area (Å²) in [7, 11) is 0. The van der Waals surface area contributed by atoms with E-state index < -0.39 is 5.82 Å². The van der Waals surface area contributed by atoms with Crippen molar-refractivity contribution in [1.82, 2.24) is 9.55 Å². The number of imidazole rings is 1. The van der Waals surface area contributed by atoms with E-state index >= 15 is 0 Å². The van der Waals surface area contributed by atoms with Gasteiger partial charge < -0.3 is 10.3 Å². The maximum Gasteiger partial charge on any atom is 0.136 e. The summed E-state index contributed by atoms with van der Waals surface area (Å²) in [6, 6.07) is 4.52. The van der Waals surface area contributed by atoms with Gasteiger partial charge in [-0.2, -0.15) is 0 Å². The number of nitrogens with two attached hydrogens (primary N) is 1. The smallest absolute Gasteiger partial charge is 0.136 e. The lowest BCUT2D eigenvalue weighted by molar-refractivity contribution is 0.623. The summed E-state index contributed by atoms with van der Waals surface area (Å²) in [5.74, 6) is -0.800. The second-order valence-corrected chi connectivity index (χ2v) is 3.02. The van der Waals surface area contributed by atoms with Gasteiger partial charge in [0, 0.05) is 12.4 Å². The van der Waals surface area contributed by atoms with Gasteiger partial charge in [-0.1, -0.05) is 6.07 Å². The van der Waals surface area contributed by atoms with Gasteiger partial charge >= 0.3 is 0 Å². The fourth-order valence-corrected chi connectivity index (χ4v) is 1.40. The number of aromatic nitrogens is 2. The average molecular weight is 204 g/mol. The van der Waals surface area contributed by atoms with Gasteiger partial charge in [-0.3, -0.25) is 5.41 Å². The SMILES string of the molecule is N=C(N)c1c(F)cccc1-n1ccnc1. The number of nitrogens with zero attached hydrogens (tertiary/aromatic N) is 2. The van der Waals surface area contributed by atoms with Crippen molar-refractivity contribution in [1.29, 1.82) is 5.41 Å². The fraction of sp³-hybridized carbons (Fsp3) is 0. The first-order chi connectivity index (χ1) is 7.20. The van der Waals surface area contributed by atoms with Gasteiger partial charge in [0.15, 0.2) is 0 Å². The summed E-state index contributed by atoms with van der Waals surface area (Å²) < 4.78 is 15.0. The first-order valence-corrected chi connectivity index (χ1v) is 4.31. The van der Waals surface area contributed by atoms with Gasteiger partial charge in [-0.15, -0.1) is 0 Å². The van der Waals surface area contributed by atoms with Crippen molar-refractivity contribution in [3.63, 3.8) is 0 Å². The monoisotopic (exact) mass is 204 g/mol. The predicted molar refractivity (Wildman–Crippen MR) is 54.5 cm³/mol. The molecule has 5 heteroatoms. The Balaban J connectivity index is 2.66. The molecule has 0 saturated carbocycles. The van der Waals surface area contributed by atoms with E-state index in [9.17, 15) is 4.39 Å². The summed E-state index contributed by atoms with van der Waals surface area (Å²) in [4.78, 5) is 3.86. The third-order valence-corrected chi connectivity index (χ3v) is 2.04. The van der Waals surface area contributed by atoms with Crippen LogP contribution in [0.4, 0.5) is 4.39 Å². The summed E-state index contributed by atoms with van der Waals surface area (Å²) in [5.41, 5.74) is 5.94. The Morgan fingerprint density at radius 1 is 1.47 bits per heavy atom. The molecule has 2 rings (SSSR count). The summed E-state index contributed by atoms with van der Waals surface area (Å²) in [5, 5.41) is 7.32. The molecule has 0 bridgehead atoms. The standard InChI is InChI=1S/C10H9FN4/c11-7-2-1-3-8(9(7)10(12)13)15-5-4-14-6-15/h1-6H,(H3,12,13). The number of benzene rings is 1. The molecule has 0 fully saturated rings. The van der Waals surface area contributed by atoms with Crippen LogP contribution in [0.1, 0.15) is 5.56 Å². The molecule has 3 N–H and O–H groups in total. The number of hydrogen-bond acceptors (Lipinski definition) is 2. The van der Waals surface area contributed by atoms with Gasteiger partial charge in [0.1, 0.15) is 11.7 Å². The normalized spacial score (nSPS) is 10.2. The van der Waals surface area contributed by atoms with E-state index in [1.807, 2.05) is 0 Å². The summed E-state index contributed by atoms with van der Waals surface area (Å²) in [6.45, 7) is 0. The van der Waals surface area contributed by atoms with E-state index in [0.29, 0.717) is 5.69 Å². The molecule has 15 heavy (non-hydrogen) atoms. The van der Waals surface area contributed by atoms with Crippen LogP contribution >= 0.6 is 0 Å². The molecule has 4 nitrogen and oxygen atoms in total. The maximum atomic E-state index is 13.4. The Kier molecular flexibility index (Phi) is 2.21. The molecule has 1 heterocycles. The third-order valence-electron chi connectivity index (χ3n) is 2.04. The topological polar surface area (TPSA) is 67.7 Å². The fourth-order valence-electron chi connectivity index (χ4n) is 1.40. The molecule has 0 aliphatic rings. The Bertz CT molecular complexity index is 490. The van der Waals surface area contributed by atoms with Crippen molar-refractivity contribution in [2.45, 2.75) is 0 Å². The van der Waals surface area contributed by atoms with Crippen molar-refractivity contribution in [3.8, 4) is 5.69 Å². The predicted octanol–water partition coefficient (Wildman–Crippen LogP) is 1.30. The molecule has 2 aromatic rings. The minimum atomic E-state index is -0.506. The number of hydrogen-bond donors (Lipinski definition) is 2. The molecular weight excluding hydrogens is 195 g/mol. The zero-order valence-corrected chi connectivity index (χ0v) is 7.81. The number of rotatable bonds is 2. The van der Waals surface area contributed by atoms with Crippen LogP contribution in [0.3, 0.4) is 0 Å². The van der Waals surface area contributed by atoms with Crippen molar-refractivity contribution in [2.75, 3.05) is 0 Å². The van der Waals surface area contributed by atoms with Crippen molar-refractivity contribution in [2.24, 2.45) is 5.73 Å². The van der Waals surface area contributed by atoms with E-state index in [1.54, 1.807) is 29.1 Å². The third kappa shape index (κ3) is 1.59. The van der Waals surface area contributed by atoms with Crippen LogP contribution in [0.15, 0.2) is 36.9 Å².